The van der Waals surface area contributed by atoms with E-state index in [0.717, 1.165) is 23.2 Å². The molecule has 3 heterocycles. The summed E-state index contributed by atoms with van der Waals surface area (Å²) in [4.78, 5) is 8.53. The van der Waals surface area contributed by atoms with Crippen molar-refractivity contribution in [2.75, 3.05) is 11.4 Å². The first-order chi connectivity index (χ1) is 9.88. The number of imidazole rings is 1. The smallest absolute Gasteiger partial charge is 0.195 e. The molecule has 2 aliphatic rings. The zero-order valence-electron chi connectivity index (χ0n) is 11.6. The van der Waals surface area contributed by atoms with Gasteiger partial charge in [-0.2, -0.15) is 0 Å². The summed E-state index contributed by atoms with van der Waals surface area (Å²) in [5.41, 5.74) is 1.18. The Morgan fingerprint density at radius 1 is 1.25 bits per heavy atom. The number of alkyl halides is 1. The normalized spacial score (nSPS) is 26.9. The molecule has 1 saturated carbocycles. The number of hydrogen-bond donors (Lipinski definition) is 0. The Balaban J connectivity index is 1.74. The van der Waals surface area contributed by atoms with Gasteiger partial charge >= 0.3 is 0 Å². The first kappa shape index (κ1) is 13.0. The highest BCUT2D eigenvalue weighted by atomic mass is 35.5. The van der Waals surface area contributed by atoms with Gasteiger partial charge in [-0.05, 0) is 31.6 Å². The van der Waals surface area contributed by atoms with E-state index in [0.29, 0.717) is 11.9 Å². The fourth-order valence-corrected chi connectivity index (χ4v) is 5.04. The Bertz CT molecular complexity index is 603. The van der Waals surface area contributed by atoms with E-state index in [-0.39, 0.29) is 0 Å². The van der Waals surface area contributed by atoms with E-state index in [1.807, 2.05) is 0 Å². The molecule has 0 unspecified atom stereocenters. The lowest BCUT2D eigenvalue weighted by Gasteiger charge is -2.44. The molecule has 108 valence electrons. The third kappa shape index (κ3) is 1.96. The number of aromatic nitrogens is 2. The predicted octanol–water partition coefficient (Wildman–Crippen LogP) is 4.29. The maximum Gasteiger partial charge on any atom is 0.195 e. The number of nitrogens with zero attached hydrogens (tertiary/aromatic N) is 3. The lowest BCUT2D eigenvalue weighted by atomic mass is 9.78. The molecule has 1 aliphatic heterocycles. The van der Waals surface area contributed by atoms with E-state index in [4.69, 9.17) is 16.6 Å². The summed E-state index contributed by atoms with van der Waals surface area (Å²) in [5, 5.41) is 2.09. The molecule has 1 saturated heterocycles. The van der Waals surface area contributed by atoms with Crippen molar-refractivity contribution in [3.05, 3.63) is 17.3 Å². The van der Waals surface area contributed by atoms with Crippen LogP contribution in [0.5, 0.6) is 0 Å². The van der Waals surface area contributed by atoms with Crippen LogP contribution in [0.1, 0.15) is 44.2 Å². The molecule has 0 radical (unpaired) electrons. The zero-order chi connectivity index (χ0) is 13.5. The van der Waals surface area contributed by atoms with Gasteiger partial charge in [-0.1, -0.05) is 12.8 Å². The molecule has 0 aromatic carbocycles. The molecule has 2 aromatic rings. The number of hydrogen-bond acceptors (Lipinski definition) is 3. The molecule has 0 spiro atoms. The second-order valence-corrected chi connectivity index (χ2v) is 7.16. The van der Waals surface area contributed by atoms with Gasteiger partial charge in [0.2, 0.25) is 0 Å². The molecule has 4 rings (SSSR count). The van der Waals surface area contributed by atoms with Gasteiger partial charge in [0.1, 0.15) is 0 Å². The minimum Gasteiger partial charge on any atom is -0.352 e. The van der Waals surface area contributed by atoms with Crippen molar-refractivity contribution in [3.8, 4) is 0 Å². The lowest BCUT2D eigenvalue weighted by molar-refractivity contribution is 0.242. The van der Waals surface area contributed by atoms with Gasteiger partial charge in [0.25, 0.3) is 0 Å². The molecular weight excluding hydrogens is 290 g/mol. The highest BCUT2D eigenvalue weighted by Gasteiger charge is 2.35. The molecule has 20 heavy (non-hydrogen) atoms. The van der Waals surface area contributed by atoms with Crippen LogP contribution in [0.2, 0.25) is 0 Å². The van der Waals surface area contributed by atoms with Crippen LogP contribution in [0.25, 0.3) is 4.96 Å². The standard InChI is InChI=1S/C15H20ClN3S/c16-10-13-14(17-15-19(13)8-9-20-15)18-7-3-5-11-4-1-2-6-12(11)18/h8-9,11-12H,1-7,10H2/t11-,12-/m1/s1. The highest BCUT2D eigenvalue weighted by molar-refractivity contribution is 7.15. The van der Waals surface area contributed by atoms with Gasteiger partial charge in [-0.3, -0.25) is 4.40 Å². The minimum atomic E-state index is 0.543. The average Bonchev–Trinajstić information content (AvgIpc) is 3.06. The van der Waals surface area contributed by atoms with Crippen LogP contribution in [-0.2, 0) is 5.88 Å². The molecule has 2 aromatic heterocycles. The molecule has 5 heteroatoms. The third-order valence-corrected chi connectivity index (χ3v) is 5.99. The molecule has 2 atom stereocenters. The molecule has 2 fully saturated rings. The SMILES string of the molecule is ClCc1c(N2CCC[C@H]3CCCC[C@H]32)nc2sccn12. The Hall–Kier alpha value is -0.740. The van der Waals surface area contributed by atoms with Crippen molar-refractivity contribution >= 4 is 33.7 Å². The number of piperidine rings is 1. The maximum absolute atomic E-state index is 6.22. The fourth-order valence-electron chi connectivity index (χ4n) is 4.06. The summed E-state index contributed by atoms with van der Waals surface area (Å²) in [6.45, 7) is 1.15. The van der Waals surface area contributed by atoms with Crippen LogP contribution in [0, 0.1) is 5.92 Å². The van der Waals surface area contributed by atoms with E-state index in [2.05, 4.69) is 20.9 Å². The zero-order valence-corrected chi connectivity index (χ0v) is 13.2. The van der Waals surface area contributed by atoms with Crippen LogP contribution in [-0.4, -0.2) is 22.0 Å². The van der Waals surface area contributed by atoms with Crippen molar-refractivity contribution < 1.29 is 0 Å². The largest absolute Gasteiger partial charge is 0.352 e. The van der Waals surface area contributed by atoms with E-state index in [1.54, 1.807) is 11.3 Å². The Morgan fingerprint density at radius 3 is 3.00 bits per heavy atom. The van der Waals surface area contributed by atoms with Crippen LogP contribution < -0.4 is 4.90 Å². The first-order valence-electron chi connectivity index (χ1n) is 7.65. The number of anilines is 1. The number of thiazole rings is 1. The highest BCUT2D eigenvalue weighted by Crippen LogP contribution is 2.39. The van der Waals surface area contributed by atoms with Gasteiger partial charge in [-0.15, -0.1) is 22.9 Å². The van der Waals surface area contributed by atoms with Crippen LogP contribution in [0.15, 0.2) is 11.6 Å². The predicted molar refractivity (Wildman–Crippen MR) is 85.0 cm³/mol. The van der Waals surface area contributed by atoms with Gasteiger partial charge < -0.3 is 4.90 Å². The van der Waals surface area contributed by atoms with Gasteiger partial charge in [0, 0.05) is 24.2 Å². The molecule has 0 bridgehead atoms. The van der Waals surface area contributed by atoms with Crippen LogP contribution in [0.4, 0.5) is 5.82 Å². The summed E-state index contributed by atoms with van der Waals surface area (Å²) in [6.07, 6.45) is 10.3. The van der Waals surface area contributed by atoms with Gasteiger partial charge in [0.15, 0.2) is 10.8 Å². The van der Waals surface area contributed by atoms with E-state index in [1.165, 1.54) is 44.2 Å². The summed E-state index contributed by atoms with van der Waals surface area (Å²) in [7, 11) is 0. The van der Waals surface area contributed by atoms with E-state index < -0.39 is 0 Å². The van der Waals surface area contributed by atoms with Crippen molar-refractivity contribution in [1.82, 2.24) is 9.38 Å². The number of halogens is 1. The molecular formula is C15H20ClN3S. The topological polar surface area (TPSA) is 20.5 Å². The molecule has 0 amide bonds. The van der Waals surface area contributed by atoms with Crippen molar-refractivity contribution in [3.63, 3.8) is 0 Å². The quantitative estimate of drug-likeness (QED) is 0.771. The average molecular weight is 310 g/mol. The van der Waals surface area contributed by atoms with Crippen molar-refractivity contribution in [2.45, 2.75) is 50.4 Å². The number of rotatable bonds is 2. The Kier molecular flexibility index (Phi) is 3.39. The number of fused-ring (bicyclic) bond motifs is 2. The van der Waals surface area contributed by atoms with E-state index >= 15 is 0 Å². The second kappa shape index (κ2) is 5.23. The summed E-state index contributed by atoms with van der Waals surface area (Å²) >= 11 is 7.92. The van der Waals surface area contributed by atoms with Crippen molar-refractivity contribution in [1.29, 1.82) is 0 Å². The Labute approximate surface area is 128 Å². The van der Waals surface area contributed by atoms with E-state index in [9.17, 15) is 0 Å². The molecule has 0 N–H and O–H groups in total. The maximum atomic E-state index is 6.22. The first-order valence-corrected chi connectivity index (χ1v) is 9.07. The van der Waals surface area contributed by atoms with Crippen LogP contribution in [0.3, 0.4) is 0 Å². The van der Waals surface area contributed by atoms with Crippen molar-refractivity contribution in [2.24, 2.45) is 5.92 Å². The monoisotopic (exact) mass is 309 g/mol. The fraction of sp³-hybridized carbons (Fsp3) is 0.667. The minimum absolute atomic E-state index is 0.543. The molecule has 3 nitrogen and oxygen atoms in total. The summed E-state index contributed by atoms with van der Waals surface area (Å²) in [5.74, 6) is 2.57. The second-order valence-electron chi connectivity index (χ2n) is 6.02. The van der Waals surface area contributed by atoms with Crippen LogP contribution >= 0.6 is 22.9 Å². The third-order valence-electron chi connectivity index (χ3n) is 4.98. The molecule has 1 aliphatic carbocycles. The lowest BCUT2D eigenvalue weighted by Crippen LogP contribution is -2.47. The Morgan fingerprint density at radius 2 is 2.10 bits per heavy atom. The van der Waals surface area contributed by atoms with Gasteiger partial charge in [-0.25, -0.2) is 4.98 Å². The summed E-state index contributed by atoms with van der Waals surface area (Å²) in [6, 6.07) is 0.698. The summed E-state index contributed by atoms with van der Waals surface area (Å²) < 4.78 is 2.17. The van der Waals surface area contributed by atoms with Gasteiger partial charge in [0.05, 0.1) is 11.6 Å².